The molecule has 2 aromatic rings. The van der Waals surface area contributed by atoms with Crippen LogP contribution in [0.2, 0.25) is 0 Å². The van der Waals surface area contributed by atoms with E-state index in [0.717, 1.165) is 15.2 Å². The van der Waals surface area contributed by atoms with Crippen LogP contribution in [0.3, 0.4) is 0 Å². The van der Waals surface area contributed by atoms with Crippen molar-refractivity contribution in [2.24, 2.45) is 0 Å². The molecule has 2 aromatic carbocycles. The van der Waals surface area contributed by atoms with E-state index < -0.39 is 11.4 Å². The maximum absolute atomic E-state index is 10.4. The zero-order valence-electron chi connectivity index (χ0n) is 7.48. The Bertz CT molecular complexity index is 527. The molecule has 1 unspecified atom stereocenters. The van der Waals surface area contributed by atoms with E-state index in [9.17, 15) is 8.76 Å². The standard InChI is InChI=1S/C10H7BrO3S/c11-8-4-5-9-7(6-8)2-1-3-10(9)14-15(12)13/h1-6H,(H,12,13)/p-1. The SMILES string of the molecule is O=S([O-])Oc1cccc2cc(Br)ccc12. The highest BCUT2D eigenvalue weighted by atomic mass is 79.9. The Morgan fingerprint density at radius 3 is 2.80 bits per heavy atom. The fourth-order valence-corrected chi connectivity index (χ4v) is 2.04. The second kappa shape index (κ2) is 4.30. The summed E-state index contributed by atoms with van der Waals surface area (Å²) < 4.78 is 26.5. The van der Waals surface area contributed by atoms with Crippen LogP contribution in [0.25, 0.3) is 10.8 Å². The third kappa shape index (κ3) is 2.37. The molecular formula is C10H6BrO3S-. The Kier molecular flexibility index (Phi) is 3.04. The molecule has 0 saturated carbocycles. The van der Waals surface area contributed by atoms with Gasteiger partial charge in [-0.05, 0) is 29.7 Å². The van der Waals surface area contributed by atoms with Crippen LogP contribution in [0.5, 0.6) is 5.75 Å². The van der Waals surface area contributed by atoms with Gasteiger partial charge in [-0.15, -0.1) is 0 Å². The molecule has 0 aliphatic rings. The van der Waals surface area contributed by atoms with Gasteiger partial charge in [0.15, 0.2) is 0 Å². The summed E-state index contributed by atoms with van der Waals surface area (Å²) in [5.74, 6) is 0.341. The first-order valence-electron chi connectivity index (χ1n) is 4.13. The zero-order valence-corrected chi connectivity index (χ0v) is 9.88. The van der Waals surface area contributed by atoms with Crippen LogP contribution in [-0.4, -0.2) is 8.76 Å². The lowest BCUT2D eigenvalue weighted by molar-refractivity contribution is 0.442. The maximum atomic E-state index is 10.4. The monoisotopic (exact) mass is 285 g/mol. The quantitative estimate of drug-likeness (QED) is 0.798. The lowest BCUT2D eigenvalue weighted by atomic mass is 10.1. The van der Waals surface area contributed by atoms with Gasteiger partial charge >= 0.3 is 0 Å². The molecule has 0 spiro atoms. The van der Waals surface area contributed by atoms with Gasteiger partial charge in [0.25, 0.3) is 0 Å². The summed E-state index contributed by atoms with van der Waals surface area (Å²) in [5.41, 5.74) is 0. The smallest absolute Gasteiger partial charge is 0.147 e. The molecule has 15 heavy (non-hydrogen) atoms. The van der Waals surface area contributed by atoms with Crippen LogP contribution in [0, 0.1) is 0 Å². The Balaban J connectivity index is 2.60. The van der Waals surface area contributed by atoms with E-state index in [4.69, 9.17) is 0 Å². The summed E-state index contributed by atoms with van der Waals surface area (Å²) in [6, 6.07) is 10.8. The van der Waals surface area contributed by atoms with Crippen molar-refractivity contribution in [3.63, 3.8) is 0 Å². The van der Waals surface area contributed by atoms with E-state index in [1.165, 1.54) is 0 Å². The predicted octanol–water partition coefficient (Wildman–Crippen LogP) is 2.78. The summed E-state index contributed by atoms with van der Waals surface area (Å²) in [5, 5.41) is 1.69. The molecule has 78 valence electrons. The number of hydrogen-bond donors (Lipinski definition) is 0. The maximum Gasteiger partial charge on any atom is 0.147 e. The van der Waals surface area contributed by atoms with Crippen LogP contribution in [0.1, 0.15) is 0 Å². The third-order valence-corrected chi connectivity index (χ3v) is 2.77. The van der Waals surface area contributed by atoms with Crippen molar-refractivity contribution < 1.29 is 12.9 Å². The Morgan fingerprint density at radius 1 is 1.27 bits per heavy atom. The summed E-state index contributed by atoms with van der Waals surface area (Å²) in [4.78, 5) is 0. The number of fused-ring (bicyclic) bond motifs is 1. The van der Waals surface area contributed by atoms with Crippen molar-refractivity contribution in [1.82, 2.24) is 0 Å². The van der Waals surface area contributed by atoms with Gasteiger partial charge in [0.2, 0.25) is 0 Å². The average Bonchev–Trinajstić information content (AvgIpc) is 2.16. The van der Waals surface area contributed by atoms with E-state index in [2.05, 4.69) is 20.1 Å². The minimum Gasteiger partial charge on any atom is -0.740 e. The highest BCUT2D eigenvalue weighted by Crippen LogP contribution is 2.28. The summed E-state index contributed by atoms with van der Waals surface area (Å²) in [6.45, 7) is 0. The largest absolute Gasteiger partial charge is 0.740 e. The van der Waals surface area contributed by atoms with Crippen LogP contribution >= 0.6 is 15.9 Å². The first-order chi connectivity index (χ1) is 7.16. The summed E-state index contributed by atoms with van der Waals surface area (Å²) in [6.07, 6.45) is 0. The van der Waals surface area contributed by atoms with Crippen LogP contribution in [0.15, 0.2) is 40.9 Å². The predicted molar refractivity (Wildman–Crippen MR) is 61.2 cm³/mol. The molecule has 0 amide bonds. The lowest BCUT2D eigenvalue weighted by Gasteiger charge is -2.09. The summed E-state index contributed by atoms with van der Waals surface area (Å²) in [7, 11) is 0. The molecule has 5 heteroatoms. The molecular weight excluding hydrogens is 280 g/mol. The van der Waals surface area contributed by atoms with E-state index in [1.54, 1.807) is 12.1 Å². The molecule has 3 nitrogen and oxygen atoms in total. The lowest BCUT2D eigenvalue weighted by Crippen LogP contribution is -1.98. The molecule has 0 aliphatic heterocycles. The Hall–Kier alpha value is -0.910. The van der Waals surface area contributed by atoms with Gasteiger partial charge in [-0.25, -0.2) is 4.21 Å². The molecule has 0 saturated heterocycles. The minimum absolute atomic E-state index is 0.341. The molecule has 0 fully saturated rings. The van der Waals surface area contributed by atoms with Crippen molar-refractivity contribution in [2.75, 3.05) is 0 Å². The Labute approximate surface area is 97.7 Å². The molecule has 0 aromatic heterocycles. The van der Waals surface area contributed by atoms with E-state index in [-0.39, 0.29) is 0 Å². The normalized spacial score (nSPS) is 12.7. The van der Waals surface area contributed by atoms with Crippen molar-refractivity contribution in [2.45, 2.75) is 0 Å². The Morgan fingerprint density at radius 2 is 2.07 bits per heavy atom. The van der Waals surface area contributed by atoms with Gasteiger partial charge in [0.1, 0.15) is 17.1 Å². The van der Waals surface area contributed by atoms with Crippen molar-refractivity contribution in [1.29, 1.82) is 0 Å². The molecule has 1 atom stereocenters. The number of hydrogen-bond acceptors (Lipinski definition) is 3. The highest BCUT2D eigenvalue weighted by molar-refractivity contribution is 9.10. The minimum atomic E-state index is -2.54. The van der Waals surface area contributed by atoms with E-state index in [1.807, 2.05) is 24.3 Å². The molecule has 0 N–H and O–H groups in total. The number of halogens is 1. The van der Waals surface area contributed by atoms with Gasteiger partial charge in [-0.2, -0.15) is 0 Å². The molecule has 0 aliphatic carbocycles. The van der Waals surface area contributed by atoms with Crippen LogP contribution in [-0.2, 0) is 11.4 Å². The molecule has 0 heterocycles. The number of rotatable bonds is 2. The van der Waals surface area contributed by atoms with Gasteiger partial charge in [-0.3, -0.25) is 0 Å². The molecule has 0 bridgehead atoms. The van der Waals surface area contributed by atoms with E-state index in [0.29, 0.717) is 5.75 Å². The fourth-order valence-electron chi connectivity index (χ4n) is 1.37. The first kappa shape index (κ1) is 10.6. The molecule has 2 rings (SSSR count). The second-order valence-corrected chi connectivity index (χ2v) is 4.40. The number of benzene rings is 2. The van der Waals surface area contributed by atoms with Crippen molar-refractivity contribution in [3.8, 4) is 5.75 Å². The van der Waals surface area contributed by atoms with Gasteiger partial charge in [-0.1, -0.05) is 28.1 Å². The topological polar surface area (TPSA) is 49.4 Å². The first-order valence-corrected chi connectivity index (χ1v) is 5.92. The van der Waals surface area contributed by atoms with Crippen molar-refractivity contribution in [3.05, 3.63) is 40.9 Å². The second-order valence-electron chi connectivity index (χ2n) is 2.91. The van der Waals surface area contributed by atoms with Gasteiger partial charge in [0, 0.05) is 9.86 Å². The average molecular weight is 286 g/mol. The fraction of sp³-hybridized carbons (Fsp3) is 0. The highest BCUT2D eigenvalue weighted by Gasteiger charge is 2.02. The van der Waals surface area contributed by atoms with Gasteiger partial charge < -0.3 is 8.74 Å². The summed E-state index contributed by atoms with van der Waals surface area (Å²) >= 11 is 0.806. The van der Waals surface area contributed by atoms with E-state index >= 15 is 0 Å². The van der Waals surface area contributed by atoms with Gasteiger partial charge in [0.05, 0.1) is 0 Å². The van der Waals surface area contributed by atoms with Crippen LogP contribution < -0.4 is 4.18 Å². The zero-order chi connectivity index (χ0) is 10.8. The van der Waals surface area contributed by atoms with Crippen molar-refractivity contribution >= 4 is 38.1 Å². The van der Waals surface area contributed by atoms with Crippen LogP contribution in [0.4, 0.5) is 0 Å². The molecule has 0 radical (unpaired) electrons. The third-order valence-electron chi connectivity index (χ3n) is 1.96.